The zero-order valence-electron chi connectivity index (χ0n) is 13.2. The van der Waals surface area contributed by atoms with Crippen molar-refractivity contribution in [1.82, 2.24) is 9.62 Å². The molecule has 118 valence electrons. The van der Waals surface area contributed by atoms with Crippen LogP contribution in [0.25, 0.3) is 0 Å². The molecular weight excluding hydrogens is 288 g/mol. The highest BCUT2D eigenvalue weighted by Crippen LogP contribution is 2.29. The number of nitrogens with one attached hydrogen (secondary N) is 1. The molecule has 21 heavy (non-hydrogen) atoms. The van der Waals surface area contributed by atoms with Gasteiger partial charge < -0.3 is 9.73 Å². The summed E-state index contributed by atoms with van der Waals surface area (Å²) in [5.74, 6) is 3.46. The summed E-state index contributed by atoms with van der Waals surface area (Å²) < 4.78 is 32.6. The van der Waals surface area contributed by atoms with Crippen LogP contribution in [0, 0.1) is 26.2 Å². The number of hydrogen-bond acceptors (Lipinski definition) is 4. The number of nitrogens with zero attached hydrogens (tertiary/aromatic N) is 1. The molecule has 0 spiro atoms. The van der Waals surface area contributed by atoms with Crippen LogP contribution in [0.5, 0.6) is 0 Å². The Kier molecular flexibility index (Phi) is 6.46. The van der Waals surface area contributed by atoms with Gasteiger partial charge in [-0.2, -0.15) is 4.31 Å². The molecule has 0 saturated carbocycles. The summed E-state index contributed by atoms with van der Waals surface area (Å²) in [7, 11) is -3.64. The third-order valence-corrected chi connectivity index (χ3v) is 5.26. The van der Waals surface area contributed by atoms with Crippen molar-refractivity contribution in [2.45, 2.75) is 45.6 Å². The van der Waals surface area contributed by atoms with Gasteiger partial charge >= 0.3 is 0 Å². The zero-order chi connectivity index (χ0) is 16.0. The molecule has 1 N–H and O–H groups in total. The highest BCUT2D eigenvalue weighted by Gasteiger charge is 2.31. The van der Waals surface area contributed by atoms with E-state index in [0.717, 1.165) is 6.54 Å². The number of furan rings is 1. The Bertz CT molecular complexity index is 612. The first-order valence-electron chi connectivity index (χ1n) is 7.13. The van der Waals surface area contributed by atoms with Crippen LogP contribution in [0.3, 0.4) is 0 Å². The van der Waals surface area contributed by atoms with Crippen LogP contribution < -0.4 is 5.32 Å². The molecule has 0 aliphatic rings. The average molecular weight is 312 g/mol. The van der Waals surface area contributed by atoms with E-state index < -0.39 is 10.0 Å². The third kappa shape index (κ3) is 3.88. The van der Waals surface area contributed by atoms with Gasteiger partial charge in [-0.3, -0.25) is 0 Å². The SMILES string of the molecule is C#CCN(CCC)S(=O)(=O)c1c(C)oc(C)c1CNCC. The predicted molar refractivity (Wildman–Crippen MR) is 83.4 cm³/mol. The average Bonchev–Trinajstić information content (AvgIpc) is 2.70. The molecule has 0 aliphatic heterocycles. The summed E-state index contributed by atoms with van der Waals surface area (Å²) in [6.07, 6.45) is 6.01. The van der Waals surface area contributed by atoms with Crippen molar-refractivity contribution in [1.29, 1.82) is 0 Å². The van der Waals surface area contributed by atoms with Crippen molar-refractivity contribution in [2.24, 2.45) is 0 Å². The van der Waals surface area contributed by atoms with E-state index in [1.54, 1.807) is 13.8 Å². The standard InChI is InChI=1S/C15H24N2O3S/c1-6-9-17(10-7-2)21(18,19)15-13(5)20-12(4)14(15)11-16-8-3/h1,16H,7-11H2,2-5H3. The van der Waals surface area contributed by atoms with Crippen LogP contribution in [-0.2, 0) is 16.6 Å². The summed E-state index contributed by atoms with van der Waals surface area (Å²) >= 11 is 0. The summed E-state index contributed by atoms with van der Waals surface area (Å²) in [5.41, 5.74) is 0.687. The number of rotatable bonds is 8. The minimum absolute atomic E-state index is 0.0699. The van der Waals surface area contributed by atoms with E-state index in [-0.39, 0.29) is 11.4 Å². The molecule has 6 heteroatoms. The van der Waals surface area contributed by atoms with Gasteiger partial charge in [0.15, 0.2) is 0 Å². The lowest BCUT2D eigenvalue weighted by Gasteiger charge is -2.19. The molecule has 0 atom stereocenters. The maximum absolute atomic E-state index is 12.9. The maximum atomic E-state index is 12.9. The van der Waals surface area contributed by atoms with Crippen LogP contribution in [0.1, 0.15) is 37.4 Å². The second-order valence-electron chi connectivity index (χ2n) is 4.85. The van der Waals surface area contributed by atoms with Crippen molar-refractivity contribution in [3.63, 3.8) is 0 Å². The van der Waals surface area contributed by atoms with Gasteiger partial charge in [0, 0.05) is 18.7 Å². The fourth-order valence-electron chi connectivity index (χ4n) is 2.27. The molecule has 1 heterocycles. The second-order valence-corrected chi connectivity index (χ2v) is 6.72. The molecule has 0 fully saturated rings. The van der Waals surface area contributed by atoms with Gasteiger partial charge in [-0.15, -0.1) is 6.42 Å². The summed E-state index contributed by atoms with van der Waals surface area (Å²) in [6, 6.07) is 0. The van der Waals surface area contributed by atoms with E-state index in [0.29, 0.717) is 36.6 Å². The third-order valence-electron chi connectivity index (χ3n) is 3.22. The Morgan fingerprint density at radius 1 is 1.29 bits per heavy atom. The van der Waals surface area contributed by atoms with Crippen LogP contribution in [0.15, 0.2) is 9.31 Å². The smallest absolute Gasteiger partial charge is 0.247 e. The van der Waals surface area contributed by atoms with Crippen LogP contribution in [0.4, 0.5) is 0 Å². The van der Waals surface area contributed by atoms with Gasteiger partial charge in [-0.05, 0) is 26.8 Å². The number of aryl methyl sites for hydroxylation is 2. The quantitative estimate of drug-likeness (QED) is 0.746. The lowest BCUT2D eigenvalue weighted by molar-refractivity contribution is 0.441. The number of sulfonamides is 1. The van der Waals surface area contributed by atoms with Gasteiger partial charge in [-0.1, -0.05) is 19.8 Å². The molecule has 1 aromatic heterocycles. The van der Waals surface area contributed by atoms with Crippen molar-refractivity contribution in [2.75, 3.05) is 19.6 Å². The Morgan fingerprint density at radius 2 is 1.95 bits per heavy atom. The molecule has 1 aromatic rings. The molecule has 0 saturated heterocycles. The van der Waals surface area contributed by atoms with E-state index in [2.05, 4.69) is 11.2 Å². The van der Waals surface area contributed by atoms with E-state index in [9.17, 15) is 8.42 Å². The second kappa shape index (κ2) is 7.64. The maximum Gasteiger partial charge on any atom is 0.247 e. The Morgan fingerprint density at radius 3 is 2.48 bits per heavy atom. The van der Waals surface area contributed by atoms with Crippen molar-refractivity contribution in [3.05, 3.63) is 17.1 Å². The van der Waals surface area contributed by atoms with Gasteiger partial charge in [0.05, 0.1) is 6.54 Å². The van der Waals surface area contributed by atoms with Gasteiger partial charge in [0.1, 0.15) is 16.4 Å². The van der Waals surface area contributed by atoms with Gasteiger partial charge in [0.25, 0.3) is 0 Å². The molecule has 1 rings (SSSR count). The molecule has 5 nitrogen and oxygen atoms in total. The van der Waals surface area contributed by atoms with E-state index in [1.165, 1.54) is 4.31 Å². The topological polar surface area (TPSA) is 62.6 Å². The summed E-state index contributed by atoms with van der Waals surface area (Å²) in [5, 5.41) is 3.15. The normalized spacial score (nSPS) is 11.8. The number of hydrogen-bond donors (Lipinski definition) is 1. The Balaban J connectivity index is 3.32. The van der Waals surface area contributed by atoms with Crippen molar-refractivity contribution < 1.29 is 12.8 Å². The van der Waals surface area contributed by atoms with Crippen molar-refractivity contribution in [3.8, 4) is 12.3 Å². The lowest BCUT2D eigenvalue weighted by Crippen LogP contribution is -2.33. The van der Waals surface area contributed by atoms with E-state index in [1.807, 2.05) is 13.8 Å². The van der Waals surface area contributed by atoms with E-state index in [4.69, 9.17) is 10.8 Å². The molecule has 0 unspecified atom stereocenters. The zero-order valence-corrected chi connectivity index (χ0v) is 14.0. The fourth-order valence-corrected chi connectivity index (χ4v) is 4.12. The van der Waals surface area contributed by atoms with Gasteiger partial charge in [0.2, 0.25) is 10.0 Å². The lowest BCUT2D eigenvalue weighted by atomic mass is 10.2. The van der Waals surface area contributed by atoms with Crippen LogP contribution in [-0.4, -0.2) is 32.4 Å². The van der Waals surface area contributed by atoms with Crippen LogP contribution >= 0.6 is 0 Å². The molecule has 0 bridgehead atoms. The largest absolute Gasteiger partial charge is 0.465 e. The van der Waals surface area contributed by atoms with E-state index >= 15 is 0 Å². The molecule has 0 amide bonds. The van der Waals surface area contributed by atoms with Crippen molar-refractivity contribution >= 4 is 10.0 Å². The van der Waals surface area contributed by atoms with Gasteiger partial charge in [-0.25, -0.2) is 8.42 Å². The Hall–Kier alpha value is -1.29. The molecular formula is C15H24N2O3S. The first-order chi connectivity index (χ1) is 9.89. The fraction of sp³-hybridized carbons (Fsp3) is 0.600. The first-order valence-corrected chi connectivity index (χ1v) is 8.57. The summed E-state index contributed by atoms with van der Waals surface area (Å²) in [6.45, 7) is 9.04. The minimum Gasteiger partial charge on any atom is -0.465 e. The Labute approximate surface area is 127 Å². The molecule has 0 aliphatic carbocycles. The predicted octanol–water partition coefficient (Wildman–Crippen LogP) is 2.04. The summed E-state index contributed by atoms with van der Waals surface area (Å²) in [4.78, 5) is 0.254. The highest BCUT2D eigenvalue weighted by atomic mass is 32.2. The first kappa shape index (κ1) is 17.8. The minimum atomic E-state index is -3.64. The highest BCUT2D eigenvalue weighted by molar-refractivity contribution is 7.89. The monoisotopic (exact) mass is 312 g/mol. The molecule has 0 radical (unpaired) electrons. The number of terminal acetylenes is 1. The molecule has 0 aromatic carbocycles. The van der Waals surface area contributed by atoms with Crippen LogP contribution in [0.2, 0.25) is 0 Å².